The second kappa shape index (κ2) is 6.58. The lowest BCUT2D eigenvalue weighted by Crippen LogP contribution is -2.24. The summed E-state index contributed by atoms with van der Waals surface area (Å²) in [5, 5.41) is 10.3. The molecule has 1 aliphatic rings. The van der Waals surface area contributed by atoms with Crippen LogP contribution in [0.5, 0.6) is 5.75 Å². The van der Waals surface area contributed by atoms with Crippen molar-refractivity contribution in [2.75, 3.05) is 7.11 Å². The standard InChI is InChI=1S/C15H21BrO2/c1-18-15-8-7-11(9-13(15)16)10-14(17)12-5-3-2-4-6-12/h7-9,12,14,17H,2-6,10H2,1H3. The van der Waals surface area contributed by atoms with Gasteiger partial charge in [0, 0.05) is 0 Å². The fourth-order valence-electron chi connectivity index (χ4n) is 2.76. The number of rotatable bonds is 4. The number of aliphatic hydroxyl groups excluding tert-OH is 1. The van der Waals surface area contributed by atoms with Gasteiger partial charge < -0.3 is 9.84 Å². The highest BCUT2D eigenvalue weighted by atomic mass is 79.9. The lowest BCUT2D eigenvalue weighted by molar-refractivity contribution is 0.0851. The Hall–Kier alpha value is -0.540. The van der Waals surface area contributed by atoms with Gasteiger partial charge in [-0.3, -0.25) is 0 Å². The molecule has 1 N–H and O–H groups in total. The molecule has 100 valence electrons. The first-order chi connectivity index (χ1) is 8.70. The van der Waals surface area contributed by atoms with E-state index in [4.69, 9.17) is 4.74 Å². The maximum absolute atomic E-state index is 10.3. The number of ether oxygens (including phenoxy) is 1. The molecule has 1 atom stereocenters. The lowest BCUT2D eigenvalue weighted by Gasteiger charge is -2.26. The summed E-state index contributed by atoms with van der Waals surface area (Å²) in [7, 11) is 1.66. The predicted octanol–water partition coefficient (Wildman–Crippen LogP) is 3.94. The Bertz CT molecular complexity index is 386. The lowest BCUT2D eigenvalue weighted by atomic mass is 9.83. The third-order valence-electron chi connectivity index (χ3n) is 3.86. The van der Waals surface area contributed by atoms with Crippen molar-refractivity contribution in [3.8, 4) is 5.75 Å². The van der Waals surface area contributed by atoms with E-state index < -0.39 is 0 Å². The van der Waals surface area contributed by atoms with Gasteiger partial charge in [-0.2, -0.15) is 0 Å². The zero-order chi connectivity index (χ0) is 13.0. The van der Waals surface area contributed by atoms with Crippen LogP contribution in [0.1, 0.15) is 37.7 Å². The Morgan fingerprint density at radius 2 is 2.06 bits per heavy atom. The van der Waals surface area contributed by atoms with Crippen molar-refractivity contribution < 1.29 is 9.84 Å². The zero-order valence-corrected chi connectivity index (χ0v) is 12.4. The van der Waals surface area contributed by atoms with Crippen molar-refractivity contribution in [2.24, 2.45) is 5.92 Å². The molecule has 0 spiro atoms. The molecule has 0 aliphatic heterocycles. The van der Waals surface area contributed by atoms with Gasteiger partial charge in [0.05, 0.1) is 17.7 Å². The van der Waals surface area contributed by atoms with Crippen LogP contribution in [0.4, 0.5) is 0 Å². The van der Waals surface area contributed by atoms with Crippen molar-refractivity contribution in [2.45, 2.75) is 44.6 Å². The molecule has 1 unspecified atom stereocenters. The molecular formula is C15H21BrO2. The van der Waals surface area contributed by atoms with Crippen LogP contribution >= 0.6 is 15.9 Å². The van der Waals surface area contributed by atoms with E-state index in [0.29, 0.717) is 5.92 Å². The molecule has 1 aromatic carbocycles. The Balaban J connectivity index is 1.97. The first-order valence-electron chi connectivity index (χ1n) is 6.71. The smallest absolute Gasteiger partial charge is 0.133 e. The van der Waals surface area contributed by atoms with Crippen LogP contribution in [0.15, 0.2) is 22.7 Å². The van der Waals surface area contributed by atoms with Crippen LogP contribution in [0.25, 0.3) is 0 Å². The maximum Gasteiger partial charge on any atom is 0.133 e. The summed E-state index contributed by atoms with van der Waals surface area (Å²) in [6.45, 7) is 0. The summed E-state index contributed by atoms with van der Waals surface area (Å²) >= 11 is 3.49. The van der Waals surface area contributed by atoms with Gasteiger partial charge in [-0.25, -0.2) is 0 Å². The number of hydrogen-bond acceptors (Lipinski definition) is 2. The fourth-order valence-corrected chi connectivity index (χ4v) is 3.35. The largest absolute Gasteiger partial charge is 0.496 e. The third-order valence-corrected chi connectivity index (χ3v) is 4.47. The van der Waals surface area contributed by atoms with E-state index in [2.05, 4.69) is 15.9 Å². The molecule has 1 aliphatic carbocycles. The van der Waals surface area contributed by atoms with Crippen LogP contribution in [0, 0.1) is 5.92 Å². The van der Waals surface area contributed by atoms with E-state index in [1.54, 1.807) is 7.11 Å². The second-order valence-electron chi connectivity index (χ2n) is 5.14. The van der Waals surface area contributed by atoms with E-state index in [1.165, 1.54) is 37.7 Å². The Kier molecular flexibility index (Phi) is 5.07. The highest BCUT2D eigenvalue weighted by molar-refractivity contribution is 9.10. The van der Waals surface area contributed by atoms with Gasteiger partial charge in [0.15, 0.2) is 0 Å². The van der Waals surface area contributed by atoms with Crippen molar-refractivity contribution >= 4 is 15.9 Å². The minimum Gasteiger partial charge on any atom is -0.496 e. The number of aliphatic hydroxyl groups is 1. The van der Waals surface area contributed by atoms with E-state index in [0.717, 1.165) is 16.6 Å². The fraction of sp³-hybridized carbons (Fsp3) is 0.600. The molecule has 0 aromatic heterocycles. The van der Waals surface area contributed by atoms with Crippen LogP contribution in [-0.2, 0) is 6.42 Å². The topological polar surface area (TPSA) is 29.5 Å². The summed E-state index contributed by atoms with van der Waals surface area (Å²) in [5.41, 5.74) is 1.17. The number of benzene rings is 1. The maximum atomic E-state index is 10.3. The van der Waals surface area contributed by atoms with Gasteiger partial charge in [0.25, 0.3) is 0 Å². The number of methoxy groups -OCH3 is 1. The molecule has 0 saturated heterocycles. The second-order valence-corrected chi connectivity index (χ2v) is 5.99. The van der Waals surface area contributed by atoms with Gasteiger partial charge >= 0.3 is 0 Å². The quantitative estimate of drug-likeness (QED) is 0.912. The molecule has 0 amide bonds. The summed E-state index contributed by atoms with van der Waals surface area (Å²) in [4.78, 5) is 0. The first-order valence-corrected chi connectivity index (χ1v) is 7.50. The average molecular weight is 313 g/mol. The summed E-state index contributed by atoms with van der Waals surface area (Å²) in [6.07, 6.45) is 6.77. The molecule has 1 aromatic rings. The third kappa shape index (κ3) is 3.48. The summed E-state index contributed by atoms with van der Waals surface area (Å²) in [6, 6.07) is 6.04. The molecule has 18 heavy (non-hydrogen) atoms. The number of hydrogen-bond donors (Lipinski definition) is 1. The SMILES string of the molecule is COc1ccc(CC(O)C2CCCCC2)cc1Br. The molecule has 1 saturated carbocycles. The first kappa shape index (κ1) is 13.9. The van der Waals surface area contributed by atoms with E-state index in [-0.39, 0.29) is 6.10 Å². The van der Waals surface area contributed by atoms with E-state index in [9.17, 15) is 5.11 Å². The monoisotopic (exact) mass is 312 g/mol. The van der Waals surface area contributed by atoms with Crippen molar-refractivity contribution in [1.29, 1.82) is 0 Å². The molecule has 2 nitrogen and oxygen atoms in total. The van der Waals surface area contributed by atoms with Gasteiger partial charge in [-0.15, -0.1) is 0 Å². The number of halogens is 1. The van der Waals surface area contributed by atoms with Crippen molar-refractivity contribution in [1.82, 2.24) is 0 Å². The van der Waals surface area contributed by atoms with Crippen LogP contribution in [0.3, 0.4) is 0 Å². The zero-order valence-electron chi connectivity index (χ0n) is 10.9. The molecule has 0 bridgehead atoms. The molecule has 1 fully saturated rings. The van der Waals surface area contributed by atoms with Crippen molar-refractivity contribution in [3.63, 3.8) is 0 Å². The highest BCUT2D eigenvalue weighted by Gasteiger charge is 2.21. The van der Waals surface area contributed by atoms with Gasteiger partial charge in [-0.05, 0) is 58.8 Å². The minimum atomic E-state index is -0.203. The predicted molar refractivity (Wildman–Crippen MR) is 77.0 cm³/mol. The van der Waals surface area contributed by atoms with E-state index in [1.807, 2.05) is 18.2 Å². The van der Waals surface area contributed by atoms with Crippen LogP contribution in [0.2, 0.25) is 0 Å². The average Bonchev–Trinajstić information content (AvgIpc) is 2.40. The van der Waals surface area contributed by atoms with Gasteiger partial charge in [-0.1, -0.05) is 25.3 Å². The molecule has 0 radical (unpaired) electrons. The Morgan fingerprint density at radius 3 is 2.67 bits per heavy atom. The summed E-state index contributed by atoms with van der Waals surface area (Å²) in [5.74, 6) is 1.32. The normalized spacial score (nSPS) is 18.6. The molecular weight excluding hydrogens is 292 g/mol. The molecule has 2 rings (SSSR count). The Morgan fingerprint density at radius 1 is 1.33 bits per heavy atom. The van der Waals surface area contributed by atoms with Gasteiger partial charge in [0.1, 0.15) is 5.75 Å². The van der Waals surface area contributed by atoms with Crippen molar-refractivity contribution in [3.05, 3.63) is 28.2 Å². The van der Waals surface area contributed by atoms with E-state index >= 15 is 0 Å². The summed E-state index contributed by atoms with van der Waals surface area (Å²) < 4.78 is 6.17. The van der Waals surface area contributed by atoms with Crippen LogP contribution in [-0.4, -0.2) is 18.3 Å². The molecule has 0 heterocycles. The van der Waals surface area contributed by atoms with Crippen LogP contribution < -0.4 is 4.74 Å². The Labute approximate surface area is 117 Å². The highest BCUT2D eigenvalue weighted by Crippen LogP contribution is 2.30. The minimum absolute atomic E-state index is 0.203. The molecule has 3 heteroatoms. The van der Waals surface area contributed by atoms with Gasteiger partial charge in [0.2, 0.25) is 0 Å².